The monoisotopic (exact) mass is 519 g/mol. The molecular formula is C23H30IN5O. The number of aliphatic imine (C=N–C) groups is 1. The average molecular weight is 519 g/mol. The Bertz CT molecular complexity index is 965. The molecule has 0 saturated heterocycles. The summed E-state index contributed by atoms with van der Waals surface area (Å²) in [5.41, 5.74) is 4.41. The summed E-state index contributed by atoms with van der Waals surface area (Å²) < 4.78 is 0. The summed E-state index contributed by atoms with van der Waals surface area (Å²) >= 11 is 0. The molecule has 3 rings (SSSR count). The fraction of sp³-hybridized carbons (Fsp3) is 0.304. The molecule has 1 amide bonds. The normalized spacial score (nSPS) is 11.1. The summed E-state index contributed by atoms with van der Waals surface area (Å²) in [6, 6.07) is 16.2. The number of aromatic nitrogens is 1. The fourth-order valence-corrected chi connectivity index (χ4v) is 3.22. The highest BCUT2D eigenvalue weighted by Crippen LogP contribution is 2.17. The molecule has 0 aliphatic rings. The standard InChI is InChI=1S/C23H29N5O.HI/c1-3-6-22(29)28-19-11-9-17(10-12-19)15-27-23(24-2)25-14-13-18-16-26-21-8-5-4-7-20(18)21;/h4-5,7-12,16,26H,3,6,13-15H2,1-2H3,(H,28,29)(H2,24,25,27);1H. The molecule has 0 aliphatic carbocycles. The lowest BCUT2D eigenvalue weighted by Gasteiger charge is -2.12. The Labute approximate surface area is 195 Å². The fourth-order valence-electron chi connectivity index (χ4n) is 3.22. The Morgan fingerprint density at radius 1 is 1.07 bits per heavy atom. The van der Waals surface area contributed by atoms with Crippen molar-refractivity contribution in [1.82, 2.24) is 15.6 Å². The predicted molar refractivity (Wildman–Crippen MR) is 136 cm³/mol. The Balaban J connectivity index is 0.00000320. The molecule has 1 heterocycles. The van der Waals surface area contributed by atoms with Crippen molar-refractivity contribution in [3.63, 3.8) is 0 Å². The maximum atomic E-state index is 11.7. The number of hydrogen-bond acceptors (Lipinski definition) is 2. The van der Waals surface area contributed by atoms with Crippen LogP contribution in [0.1, 0.15) is 30.9 Å². The first-order chi connectivity index (χ1) is 14.2. The van der Waals surface area contributed by atoms with E-state index in [9.17, 15) is 4.79 Å². The molecule has 4 N–H and O–H groups in total. The minimum atomic E-state index is 0. The average Bonchev–Trinajstić information content (AvgIpc) is 3.15. The number of aromatic amines is 1. The van der Waals surface area contributed by atoms with Crippen LogP contribution in [0.15, 0.2) is 59.7 Å². The number of guanidine groups is 1. The zero-order chi connectivity index (χ0) is 20.5. The third-order valence-electron chi connectivity index (χ3n) is 4.76. The van der Waals surface area contributed by atoms with Crippen LogP contribution in [0.25, 0.3) is 10.9 Å². The number of nitrogens with zero attached hydrogens (tertiary/aromatic N) is 1. The van der Waals surface area contributed by atoms with Crippen LogP contribution in [0.4, 0.5) is 5.69 Å². The van der Waals surface area contributed by atoms with Crippen molar-refractivity contribution in [3.05, 3.63) is 65.9 Å². The quantitative estimate of drug-likeness (QED) is 0.202. The highest BCUT2D eigenvalue weighted by molar-refractivity contribution is 14.0. The summed E-state index contributed by atoms with van der Waals surface area (Å²) in [6.07, 6.45) is 4.38. The van der Waals surface area contributed by atoms with Crippen LogP contribution in [0.2, 0.25) is 0 Å². The van der Waals surface area contributed by atoms with Crippen molar-refractivity contribution >= 4 is 52.4 Å². The molecule has 0 atom stereocenters. The second-order valence-electron chi connectivity index (χ2n) is 6.96. The maximum Gasteiger partial charge on any atom is 0.224 e. The Kier molecular flexibility index (Phi) is 9.66. The molecule has 7 heteroatoms. The van der Waals surface area contributed by atoms with Crippen LogP contribution in [0.5, 0.6) is 0 Å². The lowest BCUT2D eigenvalue weighted by atomic mass is 10.1. The van der Waals surface area contributed by atoms with E-state index in [-0.39, 0.29) is 29.9 Å². The van der Waals surface area contributed by atoms with Gasteiger partial charge in [-0.2, -0.15) is 0 Å². The molecule has 0 fully saturated rings. The van der Waals surface area contributed by atoms with E-state index >= 15 is 0 Å². The minimum absolute atomic E-state index is 0. The number of benzene rings is 2. The van der Waals surface area contributed by atoms with Crippen LogP contribution in [-0.2, 0) is 17.8 Å². The van der Waals surface area contributed by atoms with Gasteiger partial charge in [0.05, 0.1) is 0 Å². The number of rotatable bonds is 8. The van der Waals surface area contributed by atoms with E-state index in [2.05, 4.69) is 50.3 Å². The number of H-pyrrole nitrogens is 1. The van der Waals surface area contributed by atoms with Gasteiger partial charge in [0, 0.05) is 49.3 Å². The van der Waals surface area contributed by atoms with Crippen LogP contribution < -0.4 is 16.0 Å². The maximum absolute atomic E-state index is 11.7. The number of para-hydroxylation sites is 1. The number of carbonyl (C=O) groups excluding carboxylic acids is 1. The van der Waals surface area contributed by atoms with E-state index < -0.39 is 0 Å². The first-order valence-corrected chi connectivity index (χ1v) is 10.1. The number of nitrogens with one attached hydrogen (secondary N) is 4. The number of amides is 1. The highest BCUT2D eigenvalue weighted by atomic mass is 127. The van der Waals surface area contributed by atoms with E-state index in [1.54, 1.807) is 7.05 Å². The van der Waals surface area contributed by atoms with E-state index in [0.29, 0.717) is 13.0 Å². The van der Waals surface area contributed by atoms with E-state index in [4.69, 9.17) is 0 Å². The Hall–Kier alpha value is -2.55. The molecule has 0 radical (unpaired) electrons. The number of anilines is 1. The second-order valence-corrected chi connectivity index (χ2v) is 6.96. The summed E-state index contributed by atoms with van der Waals surface area (Å²) in [7, 11) is 1.77. The summed E-state index contributed by atoms with van der Waals surface area (Å²) in [4.78, 5) is 19.3. The first-order valence-electron chi connectivity index (χ1n) is 10.1. The molecule has 2 aromatic carbocycles. The SMILES string of the molecule is CCCC(=O)Nc1ccc(CNC(=NC)NCCc2c[nH]c3ccccc23)cc1.I. The van der Waals surface area contributed by atoms with Crippen LogP contribution in [0, 0.1) is 0 Å². The largest absolute Gasteiger partial charge is 0.361 e. The van der Waals surface area contributed by atoms with Gasteiger partial charge in [0.15, 0.2) is 5.96 Å². The molecular weight excluding hydrogens is 489 g/mol. The van der Waals surface area contributed by atoms with Gasteiger partial charge in [-0.05, 0) is 42.2 Å². The van der Waals surface area contributed by atoms with E-state index in [1.165, 1.54) is 16.5 Å². The number of carbonyl (C=O) groups is 1. The summed E-state index contributed by atoms with van der Waals surface area (Å²) in [5.74, 6) is 0.823. The molecule has 0 aliphatic heterocycles. The van der Waals surface area contributed by atoms with Crippen molar-refractivity contribution in [3.8, 4) is 0 Å². The van der Waals surface area contributed by atoms with Gasteiger partial charge in [-0.25, -0.2) is 0 Å². The second kappa shape index (κ2) is 12.2. The number of halogens is 1. The van der Waals surface area contributed by atoms with E-state index in [0.717, 1.165) is 36.6 Å². The van der Waals surface area contributed by atoms with Gasteiger partial charge < -0.3 is 20.9 Å². The molecule has 0 bridgehead atoms. The van der Waals surface area contributed by atoms with Crippen molar-refractivity contribution in [2.75, 3.05) is 18.9 Å². The molecule has 0 saturated carbocycles. The topological polar surface area (TPSA) is 81.3 Å². The van der Waals surface area contributed by atoms with Gasteiger partial charge in [0.25, 0.3) is 0 Å². The predicted octanol–water partition coefficient (Wildman–Crippen LogP) is 4.43. The van der Waals surface area contributed by atoms with Crippen molar-refractivity contribution < 1.29 is 4.79 Å². The molecule has 30 heavy (non-hydrogen) atoms. The third-order valence-corrected chi connectivity index (χ3v) is 4.76. The first kappa shape index (κ1) is 23.7. The molecule has 3 aromatic rings. The zero-order valence-corrected chi connectivity index (χ0v) is 19.8. The molecule has 0 spiro atoms. The van der Waals surface area contributed by atoms with Gasteiger partial charge in [-0.15, -0.1) is 24.0 Å². The smallest absolute Gasteiger partial charge is 0.224 e. The van der Waals surface area contributed by atoms with Gasteiger partial charge in [0.1, 0.15) is 0 Å². The van der Waals surface area contributed by atoms with Gasteiger partial charge in [-0.1, -0.05) is 37.3 Å². The van der Waals surface area contributed by atoms with Crippen LogP contribution in [0.3, 0.4) is 0 Å². The third kappa shape index (κ3) is 6.76. The summed E-state index contributed by atoms with van der Waals surface area (Å²) in [6.45, 7) is 3.45. The molecule has 6 nitrogen and oxygen atoms in total. The van der Waals surface area contributed by atoms with Crippen molar-refractivity contribution in [2.45, 2.75) is 32.7 Å². The van der Waals surface area contributed by atoms with Crippen molar-refractivity contribution in [1.29, 1.82) is 0 Å². The zero-order valence-electron chi connectivity index (χ0n) is 17.5. The summed E-state index contributed by atoms with van der Waals surface area (Å²) in [5, 5.41) is 10.9. The molecule has 1 aromatic heterocycles. The highest BCUT2D eigenvalue weighted by Gasteiger charge is 2.04. The minimum Gasteiger partial charge on any atom is -0.361 e. The molecule has 0 unspecified atom stereocenters. The number of fused-ring (bicyclic) bond motifs is 1. The van der Waals surface area contributed by atoms with Gasteiger partial charge in [0.2, 0.25) is 5.91 Å². The Morgan fingerprint density at radius 2 is 1.83 bits per heavy atom. The number of hydrogen-bond donors (Lipinski definition) is 4. The van der Waals surface area contributed by atoms with Crippen LogP contribution >= 0.6 is 24.0 Å². The van der Waals surface area contributed by atoms with Gasteiger partial charge in [-0.3, -0.25) is 9.79 Å². The van der Waals surface area contributed by atoms with Crippen LogP contribution in [-0.4, -0.2) is 30.4 Å². The lowest BCUT2D eigenvalue weighted by molar-refractivity contribution is -0.116. The van der Waals surface area contributed by atoms with E-state index in [1.807, 2.05) is 37.3 Å². The Morgan fingerprint density at radius 3 is 2.57 bits per heavy atom. The molecule has 160 valence electrons. The van der Waals surface area contributed by atoms with Crippen molar-refractivity contribution in [2.24, 2.45) is 4.99 Å². The van der Waals surface area contributed by atoms with Gasteiger partial charge >= 0.3 is 0 Å². The lowest BCUT2D eigenvalue weighted by Crippen LogP contribution is -2.37.